The summed E-state index contributed by atoms with van der Waals surface area (Å²) in [6.07, 6.45) is 0. The van der Waals surface area contributed by atoms with Crippen LogP contribution in [0.15, 0.2) is 191 Å². The molecule has 0 saturated carbocycles. The zero-order valence-corrected chi connectivity index (χ0v) is 38.1. The van der Waals surface area contributed by atoms with Gasteiger partial charge in [-0.25, -0.2) is 0 Å². The largest absolute Gasteiger partial charge is 0.455 e. The molecule has 1 aliphatic carbocycles. The minimum absolute atomic E-state index is 0.00575. The van der Waals surface area contributed by atoms with E-state index in [4.69, 9.17) is 8.83 Å². The molecule has 316 valence electrons. The Bertz CT molecular complexity index is 3620. The van der Waals surface area contributed by atoms with Crippen molar-refractivity contribution < 1.29 is 8.83 Å². The van der Waals surface area contributed by atoms with Gasteiger partial charge in [-0.05, 0) is 98.0 Å². The Kier molecular flexibility index (Phi) is 8.49. The maximum atomic E-state index is 7.08. The van der Waals surface area contributed by atoms with Crippen LogP contribution in [-0.2, 0) is 16.2 Å². The minimum Gasteiger partial charge on any atom is -0.455 e. The van der Waals surface area contributed by atoms with Gasteiger partial charge in [-0.3, -0.25) is 0 Å². The molecule has 12 rings (SSSR count). The van der Waals surface area contributed by atoms with E-state index in [-0.39, 0.29) is 10.8 Å². The summed E-state index contributed by atoms with van der Waals surface area (Å²) >= 11 is 0. The highest BCUT2D eigenvalue weighted by Gasteiger charge is 2.46. The van der Waals surface area contributed by atoms with Crippen LogP contribution in [0.3, 0.4) is 0 Å². The SMILES string of the molecule is Cc1ccccc1N(c1ccc2c3c(cccc13)C(c1ccc(C(C)(C)C)cc1)(c1ccc(C(C)(C)C)cc1)c1ccc3c(oc4ccccc43)c1-2)c1cccc2c1oc1ccccc12. The molecular formula is C62H51NO2. The fraction of sp³-hybridized carbons (Fsp3) is 0.161. The van der Waals surface area contributed by atoms with Crippen molar-refractivity contribution in [3.63, 3.8) is 0 Å². The van der Waals surface area contributed by atoms with E-state index in [9.17, 15) is 0 Å². The van der Waals surface area contributed by atoms with Crippen LogP contribution < -0.4 is 4.90 Å². The lowest BCUT2D eigenvalue weighted by Crippen LogP contribution is -2.34. The van der Waals surface area contributed by atoms with E-state index in [1.807, 2.05) is 6.07 Å². The number of anilines is 3. The van der Waals surface area contributed by atoms with Crippen molar-refractivity contribution in [3.8, 4) is 11.1 Å². The number of furan rings is 2. The predicted molar refractivity (Wildman–Crippen MR) is 273 cm³/mol. The summed E-state index contributed by atoms with van der Waals surface area (Å²) in [5.74, 6) is 0. The number of para-hydroxylation sites is 4. The maximum absolute atomic E-state index is 7.08. The maximum Gasteiger partial charge on any atom is 0.159 e. The van der Waals surface area contributed by atoms with Crippen molar-refractivity contribution in [2.24, 2.45) is 0 Å². The first-order chi connectivity index (χ1) is 31.4. The minimum atomic E-state index is -0.716. The fourth-order valence-electron chi connectivity index (χ4n) is 11.0. The second-order valence-corrected chi connectivity index (χ2v) is 20.1. The zero-order valence-electron chi connectivity index (χ0n) is 38.1. The molecule has 1 aliphatic rings. The molecule has 0 amide bonds. The Morgan fingerprint density at radius 3 is 1.55 bits per heavy atom. The van der Waals surface area contributed by atoms with Crippen molar-refractivity contribution in [3.05, 3.63) is 221 Å². The van der Waals surface area contributed by atoms with Crippen molar-refractivity contribution >= 4 is 71.7 Å². The number of hydrogen-bond donors (Lipinski definition) is 0. The van der Waals surface area contributed by atoms with Crippen LogP contribution in [0.25, 0.3) is 65.8 Å². The molecule has 9 aromatic carbocycles. The zero-order chi connectivity index (χ0) is 44.4. The quantitative estimate of drug-likeness (QED) is 0.173. The van der Waals surface area contributed by atoms with Gasteiger partial charge in [-0.2, -0.15) is 0 Å². The number of benzene rings is 9. The normalized spacial score (nSPS) is 13.6. The van der Waals surface area contributed by atoms with Gasteiger partial charge in [0.05, 0.1) is 16.8 Å². The van der Waals surface area contributed by atoms with Crippen molar-refractivity contribution in [1.82, 2.24) is 0 Å². The summed E-state index contributed by atoms with van der Waals surface area (Å²) in [5.41, 5.74) is 17.0. The van der Waals surface area contributed by atoms with Gasteiger partial charge in [-0.15, -0.1) is 0 Å². The third-order valence-electron chi connectivity index (χ3n) is 14.2. The Labute approximate surface area is 380 Å². The Morgan fingerprint density at radius 2 is 0.923 bits per heavy atom. The number of aryl methyl sites for hydroxylation is 1. The van der Waals surface area contributed by atoms with Crippen molar-refractivity contribution in [2.45, 2.75) is 64.7 Å². The summed E-state index contributed by atoms with van der Waals surface area (Å²) in [6.45, 7) is 16.0. The lowest BCUT2D eigenvalue weighted by atomic mass is 9.59. The molecule has 0 aliphatic heterocycles. The van der Waals surface area contributed by atoms with E-state index in [2.05, 4.69) is 229 Å². The molecule has 0 N–H and O–H groups in total. The molecule has 2 heterocycles. The number of hydrogen-bond acceptors (Lipinski definition) is 3. The van der Waals surface area contributed by atoms with E-state index in [0.29, 0.717) is 0 Å². The first-order valence-corrected chi connectivity index (χ1v) is 22.9. The fourth-order valence-corrected chi connectivity index (χ4v) is 11.0. The van der Waals surface area contributed by atoms with Gasteiger partial charge in [0.25, 0.3) is 0 Å². The number of fused-ring (bicyclic) bond motifs is 9. The molecule has 3 nitrogen and oxygen atoms in total. The lowest BCUT2D eigenvalue weighted by molar-refractivity contribution is 0.588. The standard InChI is InChI=1S/C62H51NO2/c1-38-16-8-11-22-51(38)63(53-23-15-19-45-43-17-9-12-24-54(43)64-58(45)53)52-37-35-48-56-47(52)20-14-21-49(56)62(41-30-26-39(27-31-41)60(2,3)4,42-32-28-40(29-33-42)61(5,6)7)50-36-34-46-44-18-10-13-25-55(44)65-59(46)57(48)50/h8-37H,1-7H3. The van der Waals surface area contributed by atoms with Gasteiger partial charge in [0.1, 0.15) is 16.7 Å². The third-order valence-corrected chi connectivity index (χ3v) is 14.2. The molecule has 65 heavy (non-hydrogen) atoms. The molecule has 0 fully saturated rings. The van der Waals surface area contributed by atoms with Gasteiger partial charge in [0.15, 0.2) is 5.58 Å². The van der Waals surface area contributed by atoms with Crippen molar-refractivity contribution in [1.29, 1.82) is 0 Å². The molecule has 0 spiro atoms. The Balaban J connectivity index is 1.25. The van der Waals surface area contributed by atoms with E-state index in [0.717, 1.165) is 71.9 Å². The van der Waals surface area contributed by atoms with Crippen molar-refractivity contribution in [2.75, 3.05) is 4.90 Å². The van der Waals surface area contributed by atoms with E-state index in [1.54, 1.807) is 0 Å². The Morgan fingerprint density at radius 1 is 0.400 bits per heavy atom. The Hall–Kier alpha value is -7.36. The molecule has 0 atom stereocenters. The predicted octanol–water partition coefficient (Wildman–Crippen LogP) is 17.4. The molecule has 0 bridgehead atoms. The second-order valence-electron chi connectivity index (χ2n) is 20.1. The summed E-state index contributed by atoms with van der Waals surface area (Å²) in [4.78, 5) is 2.43. The van der Waals surface area contributed by atoms with Gasteiger partial charge < -0.3 is 13.7 Å². The van der Waals surface area contributed by atoms with E-state index < -0.39 is 5.41 Å². The smallest absolute Gasteiger partial charge is 0.159 e. The summed E-state index contributed by atoms with van der Waals surface area (Å²) in [6, 6.07) is 67.4. The van der Waals surface area contributed by atoms with Gasteiger partial charge in [0, 0.05) is 38.2 Å². The van der Waals surface area contributed by atoms with Gasteiger partial charge >= 0.3 is 0 Å². The first kappa shape index (κ1) is 39.2. The van der Waals surface area contributed by atoms with Crippen LogP contribution in [0.1, 0.15) is 80.5 Å². The molecule has 0 saturated heterocycles. The van der Waals surface area contributed by atoms with E-state index >= 15 is 0 Å². The molecule has 3 heteroatoms. The van der Waals surface area contributed by atoms with Gasteiger partial charge in [0.2, 0.25) is 0 Å². The molecule has 11 aromatic rings. The van der Waals surface area contributed by atoms with Crippen LogP contribution >= 0.6 is 0 Å². The van der Waals surface area contributed by atoms with Crippen LogP contribution in [0.4, 0.5) is 17.1 Å². The monoisotopic (exact) mass is 841 g/mol. The highest BCUT2D eigenvalue weighted by atomic mass is 16.3. The first-order valence-electron chi connectivity index (χ1n) is 22.9. The molecular weight excluding hydrogens is 791 g/mol. The average Bonchev–Trinajstić information content (AvgIpc) is 3.89. The highest BCUT2D eigenvalue weighted by Crippen LogP contribution is 2.59. The summed E-state index contributed by atoms with van der Waals surface area (Å²) in [7, 11) is 0. The molecule has 0 unspecified atom stereocenters. The highest BCUT2D eigenvalue weighted by molar-refractivity contribution is 6.19. The van der Waals surface area contributed by atoms with Gasteiger partial charge in [-0.1, -0.05) is 193 Å². The summed E-state index contributed by atoms with van der Waals surface area (Å²) < 4.78 is 13.9. The van der Waals surface area contributed by atoms with Crippen LogP contribution in [0.5, 0.6) is 0 Å². The molecule has 2 aromatic heterocycles. The topological polar surface area (TPSA) is 29.5 Å². The number of nitrogens with zero attached hydrogens (tertiary/aromatic N) is 1. The van der Waals surface area contributed by atoms with Crippen LogP contribution in [0, 0.1) is 6.92 Å². The molecule has 0 radical (unpaired) electrons. The van der Waals surface area contributed by atoms with Crippen LogP contribution in [0.2, 0.25) is 0 Å². The number of rotatable bonds is 5. The average molecular weight is 842 g/mol. The lowest BCUT2D eigenvalue weighted by Gasteiger charge is -2.43. The van der Waals surface area contributed by atoms with E-state index in [1.165, 1.54) is 49.9 Å². The van der Waals surface area contributed by atoms with Crippen LogP contribution in [-0.4, -0.2) is 0 Å². The third kappa shape index (κ3) is 5.74. The summed E-state index contributed by atoms with van der Waals surface area (Å²) in [5, 5.41) is 6.80. The second kappa shape index (κ2) is 14.1.